The number of benzene rings is 1. The molecule has 0 radical (unpaired) electrons. The van der Waals surface area contributed by atoms with Gasteiger partial charge >= 0.3 is 0 Å². The standard InChI is InChI=1S/C21H30N4O2/c1-5-18-11-19(24-20(23-18)22-14(2)13-26)25-9-8-15-10-17(21(3,4)27)7-6-16(15)12-25/h6-7,10-11,14,26-27H,5,8-9,12-13H2,1-4H3,(H,22,23,24)/t14-/m0/s1. The van der Waals surface area contributed by atoms with E-state index < -0.39 is 5.60 Å². The first-order valence-corrected chi connectivity index (χ1v) is 9.65. The van der Waals surface area contributed by atoms with Gasteiger partial charge in [0, 0.05) is 30.9 Å². The Morgan fingerprint density at radius 3 is 2.67 bits per heavy atom. The summed E-state index contributed by atoms with van der Waals surface area (Å²) in [6.07, 6.45) is 1.75. The van der Waals surface area contributed by atoms with E-state index in [2.05, 4.69) is 39.2 Å². The number of fused-ring (bicyclic) bond motifs is 1. The summed E-state index contributed by atoms with van der Waals surface area (Å²) in [4.78, 5) is 11.5. The molecule has 6 nitrogen and oxygen atoms in total. The lowest BCUT2D eigenvalue weighted by molar-refractivity contribution is 0.0785. The van der Waals surface area contributed by atoms with Crippen LogP contribution in [0.4, 0.5) is 11.8 Å². The average Bonchev–Trinajstić information content (AvgIpc) is 2.65. The minimum Gasteiger partial charge on any atom is -0.394 e. The van der Waals surface area contributed by atoms with Crippen molar-refractivity contribution < 1.29 is 10.2 Å². The molecule has 1 aromatic carbocycles. The molecule has 0 amide bonds. The number of nitrogens with one attached hydrogen (secondary N) is 1. The van der Waals surface area contributed by atoms with Gasteiger partial charge in [-0.2, -0.15) is 4.98 Å². The molecule has 0 saturated heterocycles. The second kappa shape index (κ2) is 7.82. The SMILES string of the molecule is CCc1cc(N2CCc3cc(C(C)(C)O)ccc3C2)nc(N[C@@H](C)CO)n1. The van der Waals surface area contributed by atoms with Crippen LogP contribution in [0.2, 0.25) is 0 Å². The molecule has 0 unspecified atom stereocenters. The van der Waals surface area contributed by atoms with E-state index in [0.717, 1.165) is 43.0 Å². The summed E-state index contributed by atoms with van der Waals surface area (Å²) in [5.41, 5.74) is 3.68. The third kappa shape index (κ3) is 4.57. The van der Waals surface area contributed by atoms with Gasteiger partial charge in [0.1, 0.15) is 5.82 Å². The Kier molecular flexibility index (Phi) is 5.67. The van der Waals surface area contributed by atoms with Gasteiger partial charge in [0.2, 0.25) is 5.95 Å². The third-order valence-electron chi connectivity index (χ3n) is 5.03. The molecule has 1 aliphatic rings. The molecule has 0 saturated carbocycles. The maximum Gasteiger partial charge on any atom is 0.225 e. The van der Waals surface area contributed by atoms with E-state index in [4.69, 9.17) is 0 Å². The van der Waals surface area contributed by atoms with E-state index >= 15 is 0 Å². The Hall–Kier alpha value is -2.18. The number of aliphatic hydroxyl groups is 2. The van der Waals surface area contributed by atoms with Crippen LogP contribution in [0.25, 0.3) is 0 Å². The molecule has 0 aliphatic carbocycles. The van der Waals surface area contributed by atoms with Gasteiger partial charge in [0.15, 0.2) is 0 Å². The van der Waals surface area contributed by atoms with E-state index in [9.17, 15) is 10.2 Å². The zero-order valence-electron chi connectivity index (χ0n) is 16.7. The fourth-order valence-electron chi connectivity index (χ4n) is 3.29. The first-order valence-electron chi connectivity index (χ1n) is 9.65. The van der Waals surface area contributed by atoms with Crippen molar-refractivity contribution in [2.24, 2.45) is 0 Å². The summed E-state index contributed by atoms with van der Waals surface area (Å²) in [6.45, 7) is 9.32. The molecule has 0 spiro atoms. The van der Waals surface area contributed by atoms with Crippen molar-refractivity contribution in [3.8, 4) is 0 Å². The molecule has 1 aliphatic heterocycles. The second-order valence-electron chi connectivity index (χ2n) is 7.84. The van der Waals surface area contributed by atoms with E-state index in [0.29, 0.717) is 5.95 Å². The van der Waals surface area contributed by atoms with Crippen LogP contribution in [0.3, 0.4) is 0 Å². The smallest absolute Gasteiger partial charge is 0.225 e. The summed E-state index contributed by atoms with van der Waals surface area (Å²) in [7, 11) is 0. The predicted octanol–water partition coefficient (Wildman–Crippen LogP) is 2.62. The number of aryl methyl sites for hydroxylation is 1. The van der Waals surface area contributed by atoms with Gasteiger partial charge in [-0.1, -0.05) is 25.1 Å². The Morgan fingerprint density at radius 2 is 2.00 bits per heavy atom. The topological polar surface area (TPSA) is 81.5 Å². The molecule has 0 fully saturated rings. The highest BCUT2D eigenvalue weighted by molar-refractivity contribution is 5.49. The van der Waals surface area contributed by atoms with Crippen LogP contribution in [0.15, 0.2) is 24.3 Å². The molecule has 3 rings (SSSR count). The number of hydrogen-bond donors (Lipinski definition) is 3. The van der Waals surface area contributed by atoms with Gasteiger partial charge in [-0.25, -0.2) is 4.98 Å². The molecule has 6 heteroatoms. The minimum atomic E-state index is -0.821. The molecular formula is C21H30N4O2. The number of nitrogens with zero attached hydrogens (tertiary/aromatic N) is 3. The molecule has 2 aromatic rings. The quantitative estimate of drug-likeness (QED) is 0.725. The van der Waals surface area contributed by atoms with Crippen LogP contribution in [0, 0.1) is 0 Å². The molecule has 0 bridgehead atoms. The van der Waals surface area contributed by atoms with E-state index in [1.807, 2.05) is 32.9 Å². The normalized spacial score (nSPS) is 15.4. The molecule has 3 N–H and O–H groups in total. The maximum atomic E-state index is 10.2. The van der Waals surface area contributed by atoms with Gasteiger partial charge < -0.3 is 20.4 Å². The lowest BCUT2D eigenvalue weighted by atomic mass is 9.91. The predicted molar refractivity (Wildman–Crippen MR) is 108 cm³/mol. The first kappa shape index (κ1) is 19.6. The molecular weight excluding hydrogens is 340 g/mol. The Bertz CT molecular complexity index is 801. The number of anilines is 2. The molecule has 146 valence electrons. The van der Waals surface area contributed by atoms with Gasteiger partial charge in [-0.3, -0.25) is 0 Å². The van der Waals surface area contributed by atoms with Crippen molar-refractivity contribution in [1.29, 1.82) is 0 Å². The highest BCUT2D eigenvalue weighted by Crippen LogP contribution is 2.28. The van der Waals surface area contributed by atoms with Crippen LogP contribution in [0.5, 0.6) is 0 Å². The zero-order chi connectivity index (χ0) is 19.6. The van der Waals surface area contributed by atoms with Crippen molar-refractivity contribution in [3.63, 3.8) is 0 Å². The number of rotatable bonds is 6. The number of aliphatic hydroxyl groups excluding tert-OH is 1. The highest BCUT2D eigenvalue weighted by atomic mass is 16.3. The summed E-state index contributed by atoms with van der Waals surface area (Å²) in [6, 6.07) is 8.21. The summed E-state index contributed by atoms with van der Waals surface area (Å²) < 4.78 is 0. The van der Waals surface area contributed by atoms with Crippen LogP contribution >= 0.6 is 0 Å². The highest BCUT2D eigenvalue weighted by Gasteiger charge is 2.22. The van der Waals surface area contributed by atoms with Gasteiger partial charge in [0.25, 0.3) is 0 Å². The van der Waals surface area contributed by atoms with Crippen LogP contribution in [-0.2, 0) is 25.0 Å². The lowest BCUT2D eigenvalue weighted by Crippen LogP contribution is -2.32. The Balaban J connectivity index is 1.85. The maximum absolute atomic E-state index is 10.2. The lowest BCUT2D eigenvalue weighted by Gasteiger charge is -2.31. The largest absolute Gasteiger partial charge is 0.394 e. The fourth-order valence-corrected chi connectivity index (χ4v) is 3.29. The van der Waals surface area contributed by atoms with Crippen molar-refractivity contribution in [1.82, 2.24) is 9.97 Å². The zero-order valence-corrected chi connectivity index (χ0v) is 16.7. The van der Waals surface area contributed by atoms with Crippen molar-refractivity contribution in [2.45, 2.75) is 58.7 Å². The van der Waals surface area contributed by atoms with Crippen molar-refractivity contribution in [3.05, 3.63) is 46.6 Å². The first-order chi connectivity index (χ1) is 12.8. The van der Waals surface area contributed by atoms with Crippen LogP contribution in [-0.4, -0.2) is 39.4 Å². The number of hydrogen-bond acceptors (Lipinski definition) is 6. The Morgan fingerprint density at radius 1 is 1.22 bits per heavy atom. The van der Waals surface area contributed by atoms with Gasteiger partial charge in [-0.15, -0.1) is 0 Å². The second-order valence-corrected chi connectivity index (χ2v) is 7.84. The monoisotopic (exact) mass is 370 g/mol. The van der Waals surface area contributed by atoms with Crippen molar-refractivity contribution >= 4 is 11.8 Å². The van der Waals surface area contributed by atoms with Crippen LogP contribution in [0.1, 0.15) is 50.1 Å². The molecule has 27 heavy (non-hydrogen) atoms. The van der Waals surface area contributed by atoms with E-state index in [-0.39, 0.29) is 12.6 Å². The van der Waals surface area contributed by atoms with Crippen molar-refractivity contribution in [2.75, 3.05) is 23.4 Å². The van der Waals surface area contributed by atoms with Gasteiger partial charge in [0.05, 0.1) is 12.2 Å². The van der Waals surface area contributed by atoms with Crippen LogP contribution < -0.4 is 10.2 Å². The summed E-state index contributed by atoms with van der Waals surface area (Å²) >= 11 is 0. The number of aromatic nitrogens is 2. The van der Waals surface area contributed by atoms with E-state index in [1.54, 1.807) is 0 Å². The average molecular weight is 370 g/mol. The summed E-state index contributed by atoms with van der Waals surface area (Å²) in [5, 5.41) is 22.7. The van der Waals surface area contributed by atoms with Gasteiger partial charge in [-0.05, 0) is 50.3 Å². The third-order valence-corrected chi connectivity index (χ3v) is 5.03. The molecule has 1 atom stereocenters. The summed E-state index contributed by atoms with van der Waals surface area (Å²) in [5.74, 6) is 1.47. The van der Waals surface area contributed by atoms with E-state index in [1.165, 1.54) is 11.1 Å². The minimum absolute atomic E-state index is 0.0374. The molecule has 1 aromatic heterocycles. The molecule has 2 heterocycles. The Labute approximate surface area is 161 Å². The fraction of sp³-hybridized carbons (Fsp3) is 0.524.